The van der Waals surface area contributed by atoms with E-state index in [9.17, 15) is 20.2 Å². The van der Waals surface area contributed by atoms with Gasteiger partial charge in [-0.05, 0) is 29.8 Å². The highest BCUT2D eigenvalue weighted by molar-refractivity contribution is 7.79. The second-order valence-corrected chi connectivity index (χ2v) is 10.4. The molecule has 4 aromatic rings. The first-order valence-corrected chi connectivity index (χ1v) is 12.1. The molecule has 34 heavy (non-hydrogen) atoms. The predicted octanol–water partition coefficient (Wildman–Crippen LogP) is 5.63. The van der Waals surface area contributed by atoms with Gasteiger partial charge in [0.05, 0.1) is 9.85 Å². The number of benzene rings is 4. The largest absolute Gasteiger partial charge is 0.371 e. The maximum atomic E-state index is 15.0. The zero-order chi connectivity index (χ0) is 24.1. The van der Waals surface area contributed by atoms with Crippen molar-refractivity contribution in [3.63, 3.8) is 0 Å². The van der Waals surface area contributed by atoms with Crippen LogP contribution in [-0.2, 0) is 4.57 Å². The SMILES string of the molecule is O=[N+]([O-])c1ccc(N[C@@H](c2ccc([N+](=O)[O-])cc2)P(=O)(c2ccccc2)c2ccccc2)cc1. The summed E-state index contributed by atoms with van der Waals surface area (Å²) in [6.45, 7) is 0. The predicted molar refractivity (Wildman–Crippen MR) is 132 cm³/mol. The molecule has 0 fully saturated rings. The minimum atomic E-state index is -3.41. The molecular weight excluding hydrogens is 453 g/mol. The molecule has 0 aliphatic heterocycles. The van der Waals surface area contributed by atoms with Crippen LogP contribution in [0.4, 0.5) is 17.1 Å². The molecular formula is C25H20N3O5P. The monoisotopic (exact) mass is 473 g/mol. The molecule has 1 atom stereocenters. The molecule has 170 valence electrons. The van der Waals surface area contributed by atoms with E-state index in [0.29, 0.717) is 21.9 Å². The Kier molecular flexibility index (Phi) is 6.52. The van der Waals surface area contributed by atoms with Gasteiger partial charge in [-0.1, -0.05) is 60.7 Å². The van der Waals surface area contributed by atoms with Crippen LogP contribution in [0.2, 0.25) is 0 Å². The minimum Gasteiger partial charge on any atom is -0.371 e. The Bertz CT molecular complexity index is 1300. The number of non-ortho nitro benzene ring substituents is 2. The van der Waals surface area contributed by atoms with Crippen LogP contribution in [-0.4, -0.2) is 9.85 Å². The lowest BCUT2D eigenvalue weighted by Crippen LogP contribution is -2.25. The van der Waals surface area contributed by atoms with Crippen molar-refractivity contribution in [2.75, 3.05) is 5.32 Å². The summed E-state index contributed by atoms with van der Waals surface area (Å²) in [6.07, 6.45) is 0. The maximum Gasteiger partial charge on any atom is 0.269 e. The van der Waals surface area contributed by atoms with Gasteiger partial charge < -0.3 is 9.88 Å². The van der Waals surface area contributed by atoms with E-state index in [-0.39, 0.29) is 11.4 Å². The second-order valence-electron chi connectivity index (χ2n) is 7.53. The van der Waals surface area contributed by atoms with Gasteiger partial charge in [0.2, 0.25) is 0 Å². The molecule has 0 saturated carbocycles. The number of hydrogen-bond acceptors (Lipinski definition) is 6. The Hall–Kier alpha value is -4.29. The molecule has 0 aromatic heterocycles. The summed E-state index contributed by atoms with van der Waals surface area (Å²) in [4.78, 5) is 21.3. The number of rotatable bonds is 8. The molecule has 4 rings (SSSR count). The Balaban J connectivity index is 1.89. The molecule has 9 heteroatoms. The number of hydrogen-bond donors (Lipinski definition) is 1. The van der Waals surface area contributed by atoms with Crippen LogP contribution < -0.4 is 15.9 Å². The lowest BCUT2D eigenvalue weighted by atomic mass is 10.2. The van der Waals surface area contributed by atoms with Gasteiger partial charge in [0.25, 0.3) is 11.4 Å². The smallest absolute Gasteiger partial charge is 0.269 e. The van der Waals surface area contributed by atoms with Crippen LogP contribution in [0.1, 0.15) is 11.3 Å². The van der Waals surface area contributed by atoms with E-state index in [1.807, 2.05) is 36.4 Å². The number of nitro groups is 2. The van der Waals surface area contributed by atoms with Crippen molar-refractivity contribution in [1.29, 1.82) is 0 Å². The first kappa shape index (κ1) is 22.9. The van der Waals surface area contributed by atoms with Crippen LogP contribution in [0.25, 0.3) is 0 Å². The van der Waals surface area contributed by atoms with Crippen LogP contribution in [0.5, 0.6) is 0 Å². The molecule has 0 spiro atoms. The first-order valence-electron chi connectivity index (χ1n) is 10.4. The molecule has 4 aromatic carbocycles. The van der Waals surface area contributed by atoms with Gasteiger partial charge in [-0.3, -0.25) is 20.2 Å². The van der Waals surface area contributed by atoms with Crippen molar-refractivity contribution < 1.29 is 14.4 Å². The summed E-state index contributed by atoms with van der Waals surface area (Å²) in [5, 5.41) is 26.8. The lowest BCUT2D eigenvalue weighted by Gasteiger charge is -2.30. The van der Waals surface area contributed by atoms with Crippen molar-refractivity contribution in [2.45, 2.75) is 5.78 Å². The number of anilines is 1. The Labute approximate surface area is 195 Å². The number of nitrogens with one attached hydrogen (secondary N) is 1. The van der Waals surface area contributed by atoms with Crippen LogP contribution in [0.3, 0.4) is 0 Å². The van der Waals surface area contributed by atoms with Gasteiger partial charge in [-0.2, -0.15) is 0 Å². The van der Waals surface area contributed by atoms with E-state index >= 15 is 4.57 Å². The molecule has 0 aliphatic rings. The van der Waals surface area contributed by atoms with Crippen LogP contribution in [0.15, 0.2) is 109 Å². The topological polar surface area (TPSA) is 115 Å². The molecule has 0 amide bonds. The van der Waals surface area contributed by atoms with Gasteiger partial charge >= 0.3 is 0 Å². The molecule has 0 radical (unpaired) electrons. The molecule has 0 heterocycles. The van der Waals surface area contributed by atoms with Crippen molar-refractivity contribution >= 4 is 34.8 Å². The molecule has 1 N–H and O–H groups in total. The summed E-state index contributed by atoms with van der Waals surface area (Å²) >= 11 is 0. The average molecular weight is 473 g/mol. The van der Waals surface area contributed by atoms with E-state index in [0.717, 1.165) is 0 Å². The van der Waals surface area contributed by atoms with E-state index in [1.165, 1.54) is 24.3 Å². The number of nitro benzene ring substituents is 2. The Morgan fingerprint density at radius 1 is 0.618 bits per heavy atom. The van der Waals surface area contributed by atoms with Crippen molar-refractivity contribution in [3.05, 3.63) is 135 Å². The first-order chi connectivity index (χ1) is 16.4. The summed E-state index contributed by atoms with van der Waals surface area (Å²) in [5.41, 5.74) is 0.972. The van der Waals surface area contributed by atoms with Crippen molar-refractivity contribution in [3.8, 4) is 0 Å². The third-order valence-corrected chi connectivity index (χ3v) is 8.73. The van der Waals surface area contributed by atoms with Crippen molar-refractivity contribution in [1.82, 2.24) is 0 Å². The van der Waals surface area contributed by atoms with Gasteiger partial charge in [0.15, 0.2) is 7.14 Å². The Morgan fingerprint density at radius 3 is 1.44 bits per heavy atom. The maximum absolute atomic E-state index is 15.0. The summed E-state index contributed by atoms with van der Waals surface area (Å²) < 4.78 is 15.0. The van der Waals surface area contributed by atoms with Crippen LogP contribution >= 0.6 is 7.14 Å². The van der Waals surface area contributed by atoms with Gasteiger partial charge in [0, 0.05) is 40.6 Å². The molecule has 0 saturated heterocycles. The van der Waals surface area contributed by atoms with E-state index in [2.05, 4.69) is 5.32 Å². The highest BCUT2D eigenvalue weighted by Gasteiger charge is 2.38. The minimum absolute atomic E-state index is 0.0632. The van der Waals surface area contributed by atoms with E-state index < -0.39 is 22.8 Å². The van der Waals surface area contributed by atoms with E-state index in [1.54, 1.807) is 48.5 Å². The fourth-order valence-electron chi connectivity index (χ4n) is 3.75. The highest BCUT2D eigenvalue weighted by Crippen LogP contribution is 2.57. The number of nitrogens with zero attached hydrogens (tertiary/aromatic N) is 2. The fourth-order valence-corrected chi connectivity index (χ4v) is 6.79. The van der Waals surface area contributed by atoms with Crippen LogP contribution in [0, 0.1) is 20.2 Å². The quantitative estimate of drug-likeness (QED) is 0.202. The van der Waals surface area contributed by atoms with E-state index in [4.69, 9.17) is 0 Å². The fraction of sp³-hybridized carbons (Fsp3) is 0.0400. The van der Waals surface area contributed by atoms with Gasteiger partial charge in [0.1, 0.15) is 5.78 Å². The summed E-state index contributed by atoms with van der Waals surface area (Å²) in [7, 11) is -3.41. The third kappa shape index (κ3) is 4.58. The average Bonchev–Trinajstić information content (AvgIpc) is 2.88. The van der Waals surface area contributed by atoms with Gasteiger partial charge in [-0.25, -0.2) is 0 Å². The lowest BCUT2D eigenvalue weighted by molar-refractivity contribution is -0.385. The third-order valence-electron chi connectivity index (χ3n) is 5.44. The Morgan fingerprint density at radius 2 is 1.03 bits per heavy atom. The normalized spacial score (nSPS) is 12.0. The summed E-state index contributed by atoms with van der Waals surface area (Å²) in [6, 6.07) is 29.8. The molecule has 0 unspecified atom stereocenters. The highest BCUT2D eigenvalue weighted by atomic mass is 31.2. The second kappa shape index (κ2) is 9.68. The molecule has 0 bridgehead atoms. The standard InChI is InChI=1S/C25H20N3O5P/c29-27(30)21-15-11-19(12-16-21)25(26-20-13-17-22(18-14-20)28(31)32)34(33,23-7-3-1-4-8-23)24-9-5-2-6-10-24/h1-18,25-26H/t25-/m1/s1. The zero-order valence-corrected chi connectivity index (χ0v) is 18.7. The summed E-state index contributed by atoms with van der Waals surface area (Å²) in [5.74, 6) is -0.792. The zero-order valence-electron chi connectivity index (χ0n) is 17.9. The molecule has 0 aliphatic carbocycles. The van der Waals surface area contributed by atoms with Gasteiger partial charge in [-0.15, -0.1) is 0 Å². The van der Waals surface area contributed by atoms with Crippen molar-refractivity contribution in [2.24, 2.45) is 0 Å². The molecule has 8 nitrogen and oxygen atoms in total.